The van der Waals surface area contributed by atoms with Gasteiger partial charge < -0.3 is 5.11 Å². The predicted octanol–water partition coefficient (Wildman–Crippen LogP) is 3.51. The van der Waals surface area contributed by atoms with Crippen molar-refractivity contribution in [2.24, 2.45) is 0 Å². The summed E-state index contributed by atoms with van der Waals surface area (Å²) in [4.78, 5) is 5.65. The second-order valence-electron chi connectivity index (χ2n) is 5.13. The molecule has 1 saturated carbocycles. The summed E-state index contributed by atoms with van der Waals surface area (Å²) >= 11 is 0. The SMILES string of the molecule is Oc1ccc2ccccc2c1CNOC1CCCC1. The van der Waals surface area contributed by atoms with Crippen molar-refractivity contribution < 1.29 is 9.94 Å². The molecular weight excluding hydrogens is 238 g/mol. The molecule has 3 rings (SSSR count). The molecule has 0 aromatic heterocycles. The van der Waals surface area contributed by atoms with Gasteiger partial charge >= 0.3 is 0 Å². The van der Waals surface area contributed by atoms with Gasteiger partial charge in [-0.15, -0.1) is 0 Å². The smallest absolute Gasteiger partial charge is 0.120 e. The van der Waals surface area contributed by atoms with E-state index in [0.717, 1.165) is 29.2 Å². The summed E-state index contributed by atoms with van der Waals surface area (Å²) < 4.78 is 0. The van der Waals surface area contributed by atoms with Crippen molar-refractivity contribution in [3.63, 3.8) is 0 Å². The van der Waals surface area contributed by atoms with E-state index in [0.29, 0.717) is 18.4 Å². The van der Waals surface area contributed by atoms with E-state index < -0.39 is 0 Å². The molecule has 1 fully saturated rings. The lowest BCUT2D eigenvalue weighted by Gasteiger charge is -2.14. The van der Waals surface area contributed by atoms with Crippen molar-refractivity contribution in [1.82, 2.24) is 5.48 Å². The highest BCUT2D eigenvalue weighted by Crippen LogP contribution is 2.27. The molecule has 0 bridgehead atoms. The first-order valence-electron chi connectivity index (χ1n) is 6.93. The molecule has 3 nitrogen and oxygen atoms in total. The molecule has 100 valence electrons. The molecule has 3 heteroatoms. The Hall–Kier alpha value is -1.58. The second kappa shape index (κ2) is 5.59. The van der Waals surface area contributed by atoms with Crippen LogP contribution in [0.15, 0.2) is 36.4 Å². The van der Waals surface area contributed by atoms with Crippen LogP contribution in [0.1, 0.15) is 31.2 Å². The average molecular weight is 257 g/mol. The Balaban J connectivity index is 1.74. The molecule has 0 atom stereocenters. The van der Waals surface area contributed by atoms with Gasteiger partial charge in [0.1, 0.15) is 5.75 Å². The lowest BCUT2D eigenvalue weighted by atomic mass is 10.0. The number of hydroxylamine groups is 1. The highest BCUT2D eigenvalue weighted by Gasteiger charge is 2.15. The van der Waals surface area contributed by atoms with Crippen LogP contribution >= 0.6 is 0 Å². The average Bonchev–Trinajstić information content (AvgIpc) is 2.94. The number of aromatic hydroxyl groups is 1. The van der Waals surface area contributed by atoms with E-state index in [1.165, 1.54) is 12.8 Å². The van der Waals surface area contributed by atoms with Gasteiger partial charge in [-0.2, -0.15) is 5.48 Å². The van der Waals surface area contributed by atoms with Crippen LogP contribution in [0.4, 0.5) is 0 Å². The van der Waals surface area contributed by atoms with Crippen molar-refractivity contribution in [3.8, 4) is 5.75 Å². The third-order valence-electron chi connectivity index (χ3n) is 3.82. The molecule has 0 saturated heterocycles. The van der Waals surface area contributed by atoms with Gasteiger partial charge in [0.25, 0.3) is 0 Å². The zero-order valence-electron chi connectivity index (χ0n) is 10.9. The van der Waals surface area contributed by atoms with Gasteiger partial charge in [0.2, 0.25) is 0 Å². The fraction of sp³-hybridized carbons (Fsp3) is 0.375. The molecule has 2 aromatic rings. The number of hydrogen-bond donors (Lipinski definition) is 2. The summed E-state index contributed by atoms with van der Waals surface area (Å²) in [6.07, 6.45) is 5.11. The molecule has 2 N–H and O–H groups in total. The number of rotatable bonds is 4. The number of phenols is 1. The second-order valence-corrected chi connectivity index (χ2v) is 5.13. The molecule has 1 aliphatic carbocycles. The number of benzene rings is 2. The standard InChI is InChI=1S/C16H19NO2/c18-16-10-9-12-5-1-4-8-14(12)15(16)11-17-19-13-6-2-3-7-13/h1,4-5,8-10,13,17-18H,2-3,6-7,11H2. The molecule has 0 radical (unpaired) electrons. The Morgan fingerprint density at radius 2 is 1.89 bits per heavy atom. The molecule has 2 aromatic carbocycles. The van der Waals surface area contributed by atoms with Gasteiger partial charge in [-0.05, 0) is 29.7 Å². The van der Waals surface area contributed by atoms with E-state index in [4.69, 9.17) is 4.84 Å². The topological polar surface area (TPSA) is 41.5 Å². The number of fused-ring (bicyclic) bond motifs is 1. The minimum absolute atomic E-state index is 0.321. The Kier molecular flexibility index (Phi) is 3.67. The molecular formula is C16H19NO2. The Bertz CT molecular complexity index is 562. The maximum absolute atomic E-state index is 10.0. The Morgan fingerprint density at radius 3 is 2.74 bits per heavy atom. The predicted molar refractivity (Wildman–Crippen MR) is 75.8 cm³/mol. The van der Waals surface area contributed by atoms with Gasteiger partial charge in [-0.25, -0.2) is 0 Å². The first-order chi connectivity index (χ1) is 9.34. The fourth-order valence-electron chi connectivity index (χ4n) is 2.75. The molecule has 0 unspecified atom stereocenters. The molecule has 0 heterocycles. The number of nitrogens with one attached hydrogen (secondary N) is 1. The van der Waals surface area contributed by atoms with Crippen LogP contribution in [0.5, 0.6) is 5.75 Å². The van der Waals surface area contributed by atoms with Gasteiger partial charge in [0.15, 0.2) is 0 Å². The highest BCUT2D eigenvalue weighted by atomic mass is 16.7. The summed E-state index contributed by atoms with van der Waals surface area (Å²) in [6.45, 7) is 0.531. The van der Waals surface area contributed by atoms with Gasteiger partial charge in [0, 0.05) is 5.56 Å². The van der Waals surface area contributed by atoms with Gasteiger partial charge in [-0.1, -0.05) is 43.2 Å². The van der Waals surface area contributed by atoms with Crippen LogP contribution in [0.3, 0.4) is 0 Å². The lowest BCUT2D eigenvalue weighted by molar-refractivity contribution is -0.0244. The van der Waals surface area contributed by atoms with Crippen LogP contribution < -0.4 is 5.48 Å². The third kappa shape index (κ3) is 2.72. The number of hydrogen-bond acceptors (Lipinski definition) is 3. The van der Waals surface area contributed by atoms with Crippen LogP contribution in [0.25, 0.3) is 10.8 Å². The van der Waals surface area contributed by atoms with Crippen molar-refractivity contribution in [1.29, 1.82) is 0 Å². The normalized spacial score (nSPS) is 16.2. The largest absolute Gasteiger partial charge is 0.508 e. The van der Waals surface area contributed by atoms with Crippen molar-refractivity contribution >= 4 is 10.8 Å². The van der Waals surface area contributed by atoms with Crippen LogP contribution in [-0.4, -0.2) is 11.2 Å². The molecule has 0 amide bonds. The van der Waals surface area contributed by atoms with E-state index in [9.17, 15) is 5.11 Å². The summed E-state index contributed by atoms with van der Waals surface area (Å²) in [5.41, 5.74) is 3.92. The zero-order valence-corrected chi connectivity index (χ0v) is 10.9. The monoisotopic (exact) mass is 257 g/mol. The Morgan fingerprint density at radius 1 is 1.11 bits per heavy atom. The van der Waals surface area contributed by atoms with E-state index in [-0.39, 0.29) is 0 Å². The molecule has 19 heavy (non-hydrogen) atoms. The number of phenolic OH excluding ortho intramolecular Hbond substituents is 1. The summed E-state index contributed by atoms with van der Waals surface area (Å²) in [6, 6.07) is 11.8. The first kappa shape index (κ1) is 12.5. The molecule has 0 spiro atoms. The highest BCUT2D eigenvalue weighted by molar-refractivity contribution is 5.87. The lowest BCUT2D eigenvalue weighted by Crippen LogP contribution is -2.21. The van der Waals surface area contributed by atoms with Gasteiger partial charge in [0.05, 0.1) is 12.6 Å². The Labute approximate surface area is 113 Å². The maximum atomic E-state index is 10.0. The summed E-state index contributed by atoms with van der Waals surface area (Å²) in [5, 5.41) is 12.2. The van der Waals surface area contributed by atoms with Crippen LogP contribution in [0.2, 0.25) is 0 Å². The minimum Gasteiger partial charge on any atom is -0.508 e. The van der Waals surface area contributed by atoms with Crippen molar-refractivity contribution in [2.75, 3.05) is 0 Å². The zero-order chi connectivity index (χ0) is 13.1. The van der Waals surface area contributed by atoms with E-state index in [1.54, 1.807) is 6.07 Å². The van der Waals surface area contributed by atoms with Crippen LogP contribution in [-0.2, 0) is 11.4 Å². The maximum Gasteiger partial charge on any atom is 0.120 e. The quantitative estimate of drug-likeness (QED) is 0.824. The van der Waals surface area contributed by atoms with Crippen molar-refractivity contribution in [3.05, 3.63) is 42.0 Å². The first-order valence-corrected chi connectivity index (χ1v) is 6.93. The summed E-state index contributed by atoms with van der Waals surface area (Å²) in [5.74, 6) is 0.321. The van der Waals surface area contributed by atoms with E-state index in [1.807, 2.05) is 24.3 Å². The van der Waals surface area contributed by atoms with Crippen LogP contribution in [0, 0.1) is 0 Å². The molecule has 1 aliphatic rings. The molecule has 0 aliphatic heterocycles. The minimum atomic E-state index is 0.321. The van der Waals surface area contributed by atoms with E-state index in [2.05, 4.69) is 11.5 Å². The van der Waals surface area contributed by atoms with E-state index >= 15 is 0 Å². The summed E-state index contributed by atoms with van der Waals surface area (Å²) in [7, 11) is 0. The fourth-order valence-corrected chi connectivity index (χ4v) is 2.75. The van der Waals surface area contributed by atoms with Crippen molar-refractivity contribution in [2.45, 2.75) is 38.3 Å². The third-order valence-corrected chi connectivity index (χ3v) is 3.82. The van der Waals surface area contributed by atoms with Gasteiger partial charge in [-0.3, -0.25) is 4.84 Å².